The fraction of sp³-hybridized carbons (Fsp3) is 0.700. The maximum absolute atomic E-state index is 12.4. The van der Waals surface area contributed by atoms with Crippen molar-refractivity contribution in [2.24, 2.45) is 0 Å². The molecule has 0 amide bonds. The zero-order chi connectivity index (χ0) is 30.8. The van der Waals surface area contributed by atoms with Crippen molar-refractivity contribution in [2.75, 3.05) is 19.8 Å². The lowest BCUT2D eigenvalue weighted by molar-refractivity contribution is 0.0303. The van der Waals surface area contributed by atoms with Gasteiger partial charge in [0.05, 0.1) is 31.4 Å². The number of carbonyl (C=O) groups excluding carboxylic acids is 1. The van der Waals surface area contributed by atoms with Crippen LogP contribution < -0.4 is 0 Å². The molecule has 0 saturated carbocycles. The van der Waals surface area contributed by atoms with E-state index in [0.717, 1.165) is 37.8 Å². The Morgan fingerprint density at radius 2 is 1.50 bits per heavy atom. The Bertz CT molecular complexity index is 1010. The molecule has 0 bridgehead atoms. The summed E-state index contributed by atoms with van der Waals surface area (Å²) in [6.07, 6.45) is 6.38. The molecule has 1 rings (SSSR count). The molecule has 1 unspecified atom stereocenters. The van der Waals surface area contributed by atoms with Gasteiger partial charge in [0.2, 0.25) is 0 Å². The number of rotatable bonds is 19. The van der Waals surface area contributed by atoms with Crippen molar-refractivity contribution in [1.82, 2.24) is 0 Å². The minimum absolute atomic E-state index is 0.0285. The fourth-order valence-electron chi connectivity index (χ4n) is 5.13. The third-order valence-corrected chi connectivity index (χ3v) is 18.8. The second-order valence-corrected chi connectivity index (χ2v) is 22.1. The van der Waals surface area contributed by atoms with E-state index < -0.39 is 39.9 Å². The van der Waals surface area contributed by atoms with E-state index in [1.54, 1.807) is 0 Å². The SMILES string of the molecule is CCCC[Si](C)(C)[C@@](C)(CC)O[Si](C)(C)C(C)(CC)CCCOCCOC(=O)c1ccc(C(=O)O)cc1C(=O)O. The number of ether oxygens (including phenoxy) is 2. The van der Waals surface area contributed by atoms with Crippen molar-refractivity contribution in [3.8, 4) is 0 Å². The van der Waals surface area contributed by atoms with Gasteiger partial charge in [-0.25, -0.2) is 14.4 Å². The maximum Gasteiger partial charge on any atom is 0.339 e. The molecule has 0 radical (unpaired) electrons. The lowest BCUT2D eigenvalue weighted by Crippen LogP contribution is -2.60. The number of aromatic carboxylic acids is 2. The van der Waals surface area contributed by atoms with Crippen molar-refractivity contribution in [3.05, 3.63) is 34.9 Å². The molecule has 0 fully saturated rings. The highest BCUT2D eigenvalue weighted by molar-refractivity contribution is 6.82. The minimum Gasteiger partial charge on any atom is -0.478 e. The number of esters is 1. The first-order valence-electron chi connectivity index (χ1n) is 14.6. The van der Waals surface area contributed by atoms with Gasteiger partial charge in [-0.2, -0.15) is 0 Å². The first kappa shape index (κ1) is 36.0. The Labute approximate surface area is 242 Å². The van der Waals surface area contributed by atoms with Crippen LogP contribution in [0.1, 0.15) is 104 Å². The maximum atomic E-state index is 12.4. The quantitative estimate of drug-likeness (QED) is 0.0949. The number of hydrogen-bond donors (Lipinski definition) is 2. The Morgan fingerprint density at radius 1 is 0.850 bits per heavy atom. The smallest absolute Gasteiger partial charge is 0.339 e. The third kappa shape index (κ3) is 9.25. The molecule has 0 aliphatic rings. The Morgan fingerprint density at radius 3 is 2.02 bits per heavy atom. The Kier molecular flexibility index (Phi) is 13.8. The van der Waals surface area contributed by atoms with Crippen LogP contribution in [0.5, 0.6) is 0 Å². The van der Waals surface area contributed by atoms with Crippen LogP contribution in [-0.4, -0.2) is 69.6 Å². The molecule has 1 aromatic rings. The monoisotopic (exact) mass is 596 g/mol. The van der Waals surface area contributed by atoms with Crippen LogP contribution in [0.15, 0.2) is 18.2 Å². The van der Waals surface area contributed by atoms with Gasteiger partial charge in [0.1, 0.15) is 6.61 Å². The Balaban J connectivity index is 2.66. The predicted octanol–water partition coefficient (Wildman–Crippen LogP) is 7.65. The van der Waals surface area contributed by atoms with Crippen LogP contribution in [-0.2, 0) is 13.9 Å². The summed E-state index contributed by atoms with van der Waals surface area (Å²) in [5.74, 6) is -3.50. The van der Waals surface area contributed by atoms with E-state index in [4.69, 9.17) is 19.0 Å². The van der Waals surface area contributed by atoms with Gasteiger partial charge in [-0.3, -0.25) is 0 Å². The number of hydrogen-bond acceptors (Lipinski definition) is 6. The molecule has 8 nitrogen and oxygen atoms in total. The van der Waals surface area contributed by atoms with E-state index >= 15 is 0 Å². The van der Waals surface area contributed by atoms with Gasteiger partial charge in [-0.05, 0) is 62.5 Å². The van der Waals surface area contributed by atoms with Gasteiger partial charge in [0.15, 0.2) is 8.32 Å². The third-order valence-electron chi connectivity index (χ3n) is 9.17. The zero-order valence-electron chi connectivity index (χ0n) is 26.1. The standard InChI is InChI=1S/C30H52O8Si2/c1-10-13-21-39(6,7)30(5,12-3)38-40(8,9)29(4,11-2)17-14-18-36-19-20-37-28(35)24-16-15-23(26(31)32)22-25(24)27(33)34/h15-16,22H,10-14,17-21H2,1-9H3,(H,31,32)(H,33,34)/t29?,30-/m0/s1. The molecule has 10 heteroatoms. The molecule has 0 spiro atoms. The summed E-state index contributed by atoms with van der Waals surface area (Å²) in [5, 5.41) is 18.5. The van der Waals surface area contributed by atoms with Gasteiger partial charge in [0, 0.05) is 11.8 Å². The van der Waals surface area contributed by atoms with E-state index in [1.807, 2.05) is 0 Å². The lowest BCUT2D eigenvalue weighted by atomic mass is 10.0. The molecular weight excluding hydrogens is 544 g/mol. The summed E-state index contributed by atoms with van der Waals surface area (Å²) in [6.45, 7) is 21.8. The van der Waals surface area contributed by atoms with Crippen molar-refractivity contribution in [3.63, 3.8) is 0 Å². The highest BCUT2D eigenvalue weighted by Crippen LogP contribution is 2.49. The molecule has 0 saturated heterocycles. The van der Waals surface area contributed by atoms with Crippen molar-refractivity contribution in [1.29, 1.82) is 0 Å². The highest BCUT2D eigenvalue weighted by Gasteiger charge is 2.51. The van der Waals surface area contributed by atoms with Crippen LogP contribution in [0.25, 0.3) is 0 Å². The van der Waals surface area contributed by atoms with Gasteiger partial charge in [-0.15, -0.1) is 0 Å². The average molecular weight is 597 g/mol. The lowest BCUT2D eigenvalue weighted by Gasteiger charge is -2.52. The molecule has 2 atom stereocenters. The average Bonchev–Trinajstić information content (AvgIpc) is 2.89. The number of unbranched alkanes of at least 4 members (excludes halogenated alkanes) is 1. The largest absolute Gasteiger partial charge is 0.478 e. The summed E-state index contributed by atoms with van der Waals surface area (Å²) < 4.78 is 18.1. The molecule has 0 aliphatic heterocycles. The molecule has 0 aromatic heterocycles. The van der Waals surface area contributed by atoms with Crippen LogP contribution in [0.4, 0.5) is 0 Å². The van der Waals surface area contributed by atoms with Crippen molar-refractivity contribution in [2.45, 2.75) is 116 Å². The second-order valence-electron chi connectivity index (χ2n) is 12.3. The molecule has 2 N–H and O–H groups in total. The topological polar surface area (TPSA) is 119 Å². The molecule has 1 aromatic carbocycles. The summed E-state index contributed by atoms with van der Waals surface area (Å²) >= 11 is 0. The van der Waals surface area contributed by atoms with Crippen LogP contribution in [0, 0.1) is 0 Å². The summed E-state index contributed by atoms with van der Waals surface area (Å²) in [6, 6.07) is 4.57. The molecular formula is C30H52O8Si2. The first-order chi connectivity index (χ1) is 18.5. The van der Waals surface area contributed by atoms with Crippen molar-refractivity contribution < 1.29 is 38.5 Å². The Hall–Kier alpha value is -2.02. The van der Waals surface area contributed by atoms with Crippen LogP contribution in [0.2, 0.25) is 37.3 Å². The van der Waals surface area contributed by atoms with E-state index in [1.165, 1.54) is 25.0 Å². The van der Waals surface area contributed by atoms with E-state index in [0.29, 0.717) is 6.61 Å². The molecule has 228 valence electrons. The predicted molar refractivity (Wildman–Crippen MR) is 164 cm³/mol. The fourth-order valence-corrected chi connectivity index (χ4v) is 12.9. The number of carbonyl (C=O) groups is 3. The summed E-state index contributed by atoms with van der Waals surface area (Å²) in [4.78, 5) is 35.0. The first-order valence-corrected chi connectivity index (χ1v) is 20.7. The van der Waals surface area contributed by atoms with Crippen LogP contribution >= 0.6 is 0 Å². The van der Waals surface area contributed by atoms with E-state index in [2.05, 4.69) is 60.8 Å². The molecule has 0 aliphatic carbocycles. The minimum atomic E-state index is -2.09. The van der Waals surface area contributed by atoms with Crippen LogP contribution in [0.3, 0.4) is 0 Å². The van der Waals surface area contributed by atoms with Gasteiger partial charge in [-0.1, -0.05) is 66.1 Å². The second kappa shape index (κ2) is 15.3. The van der Waals surface area contributed by atoms with E-state index in [-0.39, 0.29) is 34.6 Å². The normalized spacial score (nSPS) is 15.2. The highest BCUT2D eigenvalue weighted by atomic mass is 28.4. The summed E-state index contributed by atoms with van der Waals surface area (Å²) in [5.41, 5.74) is -0.813. The number of carboxylic acid groups (broad SMARTS) is 2. The number of carboxylic acids is 2. The molecule has 0 heterocycles. The number of benzene rings is 1. The summed E-state index contributed by atoms with van der Waals surface area (Å²) in [7, 11) is -3.69. The van der Waals surface area contributed by atoms with E-state index in [9.17, 15) is 19.5 Å². The molecule has 40 heavy (non-hydrogen) atoms. The zero-order valence-corrected chi connectivity index (χ0v) is 28.1. The van der Waals surface area contributed by atoms with Gasteiger partial charge in [0.25, 0.3) is 0 Å². The van der Waals surface area contributed by atoms with Crippen molar-refractivity contribution >= 4 is 34.3 Å². The van der Waals surface area contributed by atoms with Gasteiger partial charge < -0.3 is 24.1 Å². The van der Waals surface area contributed by atoms with Gasteiger partial charge >= 0.3 is 17.9 Å².